The van der Waals surface area contributed by atoms with Gasteiger partial charge in [0.25, 0.3) is 0 Å². The van der Waals surface area contributed by atoms with Crippen molar-refractivity contribution in [3.05, 3.63) is 88.9 Å². The van der Waals surface area contributed by atoms with E-state index in [-0.39, 0.29) is 27.9 Å². The molecule has 8 heteroatoms. The third-order valence-corrected chi connectivity index (χ3v) is 6.53. The van der Waals surface area contributed by atoms with Crippen LogP contribution in [0.5, 0.6) is 5.75 Å². The first kappa shape index (κ1) is 24.2. The van der Waals surface area contributed by atoms with E-state index in [0.29, 0.717) is 24.5 Å². The van der Waals surface area contributed by atoms with E-state index in [1.54, 1.807) is 42.5 Å². The molecule has 160 valence electrons. The zero-order valence-electron chi connectivity index (χ0n) is 16.0. The maximum atomic E-state index is 12.6. The number of nitrogens with one attached hydrogen (secondary N) is 1. The lowest BCUT2D eigenvalue weighted by Gasteiger charge is -2.12. The number of phenolic OH excluding ortho intramolecular Hbond substituents is 1. The van der Waals surface area contributed by atoms with Gasteiger partial charge in [0.15, 0.2) is 0 Å². The third-order valence-electron chi connectivity index (χ3n) is 4.52. The second-order valence-corrected chi connectivity index (χ2v) is 9.06. The monoisotopic (exact) mass is 467 g/mol. The van der Waals surface area contributed by atoms with Gasteiger partial charge in [-0.3, -0.25) is 0 Å². The van der Waals surface area contributed by atoms with E-state index in [2.05, 4.69) is 5.32 Å². The average Bonchev–Trinajstić information content (AvgIpc) is 2.71. The minimum Gasteiger partial charge on any atom is -0.508 e. The van der Waals surface area contributed by atoms with Crippen molar-refractivity contribution in [3.63, 3.8) is 0 Å². The molecule has 3 aromatic rings. The fourth-order valence-electron chi connectivity index (χ4n) is 2.93. The van der Waals surface area contributed by atoms with Crippen LogP contribution in [-0.4, -0.2) is 31.7 Å². The molecule has 0 heterocycles. The molecule has 3 aromatic carbocycles. The minimum absolute atomic E-state index is 0. The van der Waals surface area contributed by atoms with Gasteiger partial charge in [-0.05, 0) is 66.6 Å². The normalized spacial score (nSPS) is 12.2. The molecule has 0 unspecified atom stereocenters. The number of hydrogen-bond acceptors (Lipinski definition) is 5. The molecule has 1 atom stereocenters. The maximum absolute atomic E-state index is 12.6. The first-order chi connectivity index (χ1) is 13.9. The fourth-order valence-corrected chi connectivity index (χ4v) is 4.42. The predicted octanol–water partition coefficient (Wildman–Crippen LogP) is 4.17. The number of aliphatic hydroxyl groups is 1. The Bertz CT molecular complexity index is 1070. The number of aliphatic hydroxyl groups excluding tert-OH is 1. The molecule has 0 fully saturated rings. The zero-order chi connectivity index (χ0) is 20.9. The summed E-state index contributed by atoms with van der Waals surface area (Å²) in [4.78, 5) is 0.234. The van der Waals surface area contributed by atoms with Crippen LogP contribution in [0.3, 0.4) is 0 Å². The molecule has 30 heavy (non-hydrogen) atoms. The van der Waals surface area contributed by atoms with E-state index in [9.17, 15) is 18.6 Å². The van der Waals surface area contributed by atoms with Crippen LogP contribution < -0.4 is 5.32 Å². The Kier molecular flexibility index (Phi) is 8.70. The molecule has 0 aromatic heterocycles. The van der Waals surface area contributed by atoms with Crippen LogP contribution in [0.25, 0.3) is 0 Å². The summed E-state index contributed by atoms with van der Waals surface area (Å²) in [5, 5.41) is 23.5. The molecule has 0 bridgehead atoms. The molecule has 0 amide bonds. The Hall–Kier alpha value is -2.09. The summed E-state index contributed by atoms with van der Waals surface area (Å²) in [5.41, 5.74) is 1.73. The van der Waals surface area contributed by atoms with E-state index in [4.69, 9.17) is 11.6 Å². The first-order valence-electron chi connectivity index (χ1n) is 9.13. The number of rotatable bonds is 8. The van der Waals surface area contributed by atoms with E-state index in [0.717, 1.165) is 11.1 Å². The molecule has 0 aliphatic carbocycles. The van der Waals surface area contributed by atoms with Crippen molar-refractivity contribution in [1.29, 1.82) is 0 Å². The van der Waals surface area contributed by atoms with Crippen LogP contribution >= 0.6 is 24.0 Å². The van der Waals surface area contributed by atoms with Crippen molar-refractivity contribution in [2.24, 2.45) is 0 Å². The molecule has 0 spiro atoms. The third kappa shape index (κ3) is 6.20. The second kappa shape index (κ2) is 10.8. The summed E-state index contributed by atoms with van der Waals surface area (Å²) in [5.74, 6) is -0.0891. The van der Waals surface area contributed by atoms with Gasteiger partial charge in [-0.25, -0.2) is 8.42 Å². The molecule has 3 rings (SSSR count). The molecule has 0 saturated heterocycles. The summed E-state index contributed by atoms with van der Waals surface area (Å²) >= 11 is 5.94. The lowest BCUT2D eigenvalue weighted by atomic mass is 10.1. The molecule has 0 aliphatic heterocycles. The molecule has 3 N–H and O–H groups in total. The number of benzene rings is 3. The lowest BCUT2D eigenvalue weighted by molar-refractivity contribution is 0.175. The summed E-state index contributed by atoms with van der Waals surface area (Å²) in [6.07, 6.45) is 0.0397. The van der Waals surface area contributed by atoms with Crippen molar-refractivity contribution in [1.82, 2.24) is 5.32 Å². The fraction of sp³-hybridized carbons (Fsp3) is 0.182. The first-order valence-corrected chi connectivity index (χ1v) is 11.0. The van der Waals surface area contributed by atoms with Gasteiger partial charge in [0.2, 0.25) is 9.84 Å². The number of halogens is 2. The van der Waals surface area contributed by atoms with Gasteiger partial charge < -0.3 is 15.5 Å². The van der Waals surface area contributed by atoms with Crippen LogP contribution in [0.15, 0.2) is 82.6 Å². The lowest BCUT2D eigenvalue weighted by Crippen LogP contribution is -2.23. The summed E-state index contributed by atoms with van der Waals surface area (Å²) in [6, 6.07) is 19.4. The summed E-state index contributed by atoms with van der Waals surface area (Å²) < 4.78 is 25.3. The Morgan fingerprint density at radius 2 is 1.63 bits per heavy atom. The van der Waals surface area contributed by atoms with Gasteiger partial charge in [-0.15, -0.1) is 12.4 Å². The molecule has 0 aliphatic rings. The van der Waals surface area contributed by atoms with E-state index >= 15 is 0 Å². The Morgan fingerprint density at radius 3 is 2.30 bits per heavy atom. The zero-order valence-corrected chi connectivity index (χ0v) is 18.4. The van der Waals surface area contributed by atoms with Crippen molar-refractivity contribution in [2.45, 2.75) is 22.3 Å². The highest BCUT2D eigenvalue weighted by atomic mass is 35.5. The minimum atomic E-state index is -3.67. The van der Waals surface area contributed by atoms with Crippen LogP contribution in [0, 0.1) is 0 Å². The van der Waals surface area contributed by atoms with Crippen LogP contribution in [0.2, 0.25) is 5.02 Å². The highest BCUT2D eigenvalue weighted by Gasteiger charge is 2.17. The van der Waals surface area contributed by atoms with E-state index in [1.165, 1.54) is 24.3 Å². The van der Waals surface area contributed by atoms with Gasteiger partial charge in [-0.1, -0.05) is 41.9 Å². The van der Waals surface area contributed by atoms with Crippen molar-refractivity contribution in [2.75, 3.05) is 13.1 Å². The highest BCUT2D eigenvalue weighted by molar-refractivity contribution is 7.91. The van der Waals surface area contributed by atoms with Gasteiger partial charge in [0.1, 0.15) is 5.75 Å². The van der Waals surface area contributed by atoms with Crippen molar-refractivity contribution < 1.29 is 18.6 Å². The van der Waals surface area contributed by atoms with Crippen molar-refractivity contribution >= 4 is 33.8 Å². The number of aromatic hydroxyl groups is 1. The van der Waals surface area contributed by atoms with Crippen LogP contribution in [-0.2, 0) is 16.3 Å². The number of sulfone groups is 1. The van der Waals surface area contributed by atoms with Gasteiger partial charge in [0, 0.05) is 11.6 Å². The molecule has 0 radical (unpaired) electrons. The molecule has 5 nitrogen and oxygen atoms in total. The maximum Gasteiger partial charge on any atom is 0.206 e. The predicted molar refractivity (Wildman–Crippen MR) is 120 cm³/mol. The standard InChI is InChI=1S/C22H22ClNO4S.ClH/c23-18-4-1-3-17(13-18)22(26)15-24-12-11-16-7-9-20(10-8-16)29(27,28)21-6-2-5-19(25)14-21;/h1-10,13-14,22,24-26H,11-12,15H2;1H/t22-;/m1./s1. The van der Waals surface area contributed by atoms with Crippen LogP contribution in [0.1, 0.15) is 17.2 Å². The SMILES string of the molecule is Cl.O=S(=O)(c1ccc(CCNC[C@@H](O)c2cccc(Cl)c2)cc1)c1cccc(O)c1. The Morgan fingerprint density at radius 1 is 0.933 bits per heavy atom. The van der Waals surface area contributed by atoms with E-state index < -0.39 is 15.9 Å². The van der Waals surface area contributed by atoms with Gasteiger partial charge in [0.05, 0.1) is 15.9 Å². The largest absolute Gasteiger partial charge is 0.508 e. The molecular weight excluding hydrogens is 445 g/mol. The highest BCUT2D eigenvalue weighted by Crippen LogP contribution is 2.24. The van der Waals surface area contributed by atoms with Gasteiger partial charge in [-0.2, -0.15) is 0 Å². The smallest absolute Gasteiger partial charge is 0.206 e. The topological polar surface area (TPSA) is 86.6 Å². The molecular formula is C22H23Cl2NO4S. The quantitative estimate of drug-likeness (QED) is 0.432. The van der Waals surface area contributed by atoms with Gasteiger partial charge >= 0.3 is 0 Å². The van der Waals surface area contributed by atoms with Crippen LogP contribution in [0.4, 0.5) is 0 Å². The summed E-state index contributed by atoms with van der Waals surface area (Å²) in [7, 11) is -3.67. The Balaban J connectivity index is 0.00000320. The number of phenols is 1. The summed E-state index contributed by atoms with van der Waals surface area (Å²) in [6.45, 7) is 1.03. The average molecular weight is 468 g/mol. The number of hydrogen-bond donors (Lipinski definition) is 3. The second-order valence-electron chi connectivity index (χ2n) is 6.67. The Labute approximate surface area is 187 Å². The van der Waals surface area contributed by atoms with Crippen molar-refractivity contribution in [3.8, 4) is 5.75 Å². The van der Waals surface area contributed by atoms with E-state index in [1.807, 2.05) is 6.07 Å². The molecule has 0 saturated carbocycles.